The van der Waals surface area contributed by atoms with Gasteiger partial charge in [-0.3, -0.25) is 5.32 Å². The molecule has 9 heteroatoms. The van der Waals surface area contributed by atoms with Crippen LogP contribution in [0.1, 0.15) is 13.8 Å². The lowest BCUT2D eigenvalue weighted by Crippen LogP contribution is -2.49. The summed E-state index contributed by atoms with van der Waals surface area (Å²) in [7, 11) is 0. The van der Waals surface area contributed by atoms with Crippen molar-refractivity contribution in [1.82, 2.24) is 15.1 Å². The molecule has 23 heavy (non-hydrogen) atoms. The summed E-state index contributed by atoms with van der Waals surface area (Å²) in [6.45, 7) is 6.63. The summed E-state index contributed by atoms with van der Waals surface area (Å²) in [6, 6.07) is 3.44. The Morgan fingerprint density at radius 1 is 1.09 bits per heavy atom. The molecule has 0 aliphatic carbocycles. The third-order valence-corrected chi connectivity index (χ3v) is 3.29. The van der Waals surface area contributed by atoms with Crippen LogP contribution in [0.4, 0.5) is 21.2 Å². The normalized spacial score (nSPS) is 14.3. The summed E-state index contributed by atoms with van der Waals surface area (Å²) in [5, 5.41) is 10.5. The molecule has 1 aliphatic rings. The van der Waals surface area contributed by atoms with E-state index in [2.05, 4.69) is 15.5 Å². The average molecular weight is 323 g/mol. The van der Waals surface area contributed by atoms with Crippen molar-refractivity contribution in [3.8, 4) is 0 Å². The number of aromatic nitrogens is 2. The highest BCUT2D eigenvalue weighted by atomic mass is 16.6. The van der Waals surface area contributed by atoms with Gasteiger partial charge in [-0.15, -0.1) is 10.2 Å². The van der Waals surface area contributed by atoms with E-state index in [0.29, 0.717) is 51.0 Å². The first kappa shape index (κ1) is 16.8. The fourth-order valence-electron chi connectivity index (χ4n) is 2.17. The maximum Gasteiger partial charge on any atom is 0.412 e. The molecule has 2 amide bonds. The summed E-state index contributed by atoms with van der Waals surface area (Å²) in [6.07, 6.45) is -0.843. The first-order valence-electron chi connectivity index (χ1n) is 7.58. The number of rotatable bonds is 4. The van der Waals surface area contributed by atoms with Crippen LogP contribution in [-0.2, 0) is 9.47 Å². The number of anilines is 2. The number of hydrogen-bond acceptors (Lipinski definition) is 7. The van der Waals surface area contributed by atoms with E-state index in [1.165, 1.54) is 0 Å². The molecule has 126 valence electrons. The van der Waals surface area contributed by atoms with E-state index in [4.69, 9.17) is 9.47 Å². The molecular weight excluding hydrogens is 302 g/mol. The fraction of sp³-hybridized carbons (Fsp3) is 0.571. The van der Waals surface area contributed by atoms with Crippen molar-refractivity contribution in [3.63, 3.8) is 0 Å². The number of nitrogens with zero attached hydrogens (tertiary/aromatic N) is 4. The topological polar surface area (TPSA) is 96.9 Å². The van der Waals surface area contributed by atoms with Gasteiger partial charge in [-0.05, 0) is 26.0 Å². The molecule has 0 radical (unpaired) electrons. The predicted molar refractivity (Wildman–Crippen MR) is 83.5 cm³/mol. The molecule has 0 atom stereocenters. The summed E-state index contributed by atoms with van der Waals surface area (Å²) >= 11 is 0. The molecular formula is C14H21N5O4. The van der Waals surface area contributed by atoms with Gasteiger partial charge < -0.3 is 19.3 Å². The van der Waals surface area contributed by atoms with Crippen LogP contribution >= 0.6 is 0 Å². The van der Waals surface area contributed by atoms with Gasteiger partial charge in [0.05, 0.1) is 13.2 Å². The van der Waals surface area contributed by atoms with Crippen LogP contribution in [0.5, 0.6) is 0 Å². The molecule has 0 bridgehead atoms. The van der Waals surface area contributed by atoms with Gasteiger partial charge in [0, 0.05) is 26.2 Å². The Bertz CT molecular complexity index is 528. The second-order valence-corrected chi connectivity index (χ2v) is 4.80. The monoisotopic (exact) mass is 323 g/mol. The lowest BCUT2D eigenvalue weighted by atomic mass is 10.3. The molecule has 1 aliphatic heterocycles. The lowest BCUT2D eigenvalue weighted by molar-refractivity contribution is 0.105. The Hall–Kier alpha value is -2.58. The van der Waals surface area contributed by atoms with Crippen LogP contribution in [0.15, 0.2) is 12.1 Å². The molecule has 0 unspecified atom stereocenters. The zero-order chi connectivity index (χ0) is 16.7. The number of carbonyl (C=O) groups is 2. The quantitative estimate of drug-likeness (QED) is 0.892. The van der Waals surface area contributed by atoms with Crippen molar-refractivity contribution < 1.29 is 19.1 Å². The summed E-state index contributed by atoms with van der Waals surface area (Å²) in [4.78, 5) is 26.6. The Kier molecular flexibility index (Phi) is 5.95. The minimum absolute atomic E-state index is 0.285. The van der Waals surface area contributed by atoms with Crippen molar-refractivity contribution in [3.05, 3.63) is 12.1 Å². The third-order valence-electron chi connectivity index (χ3n) is 3.29. The van der Waals surface area contributed by atoms with E-state index < -0.39 is 6.09 Å². The minimum atomic E-state index is -0.558. The van der Waals surface area contributed by atoms with Gasteiger partial charge in [-0.25, -0.2) is 9.59 Å². The van der Waals surface area contributed by atoms with Crippen molar-refractivity contribution >= 4 is 23.8 Å². The minimum Gasteiger partial charge on any atom is -0.450 e. The zero-order valence-electron chi connectivity index (χ0n) is 13.3. The first-order valence-corrected chi connectivity index (χ1v) is 7.58. The van der Waals surface area contributed by atoms with Gasteiger partial charge in [0.15, 0.2) is 11.6 Å². The van der Waals surface area contributed by atoms with Gasteiger partial charge in [0.2, 0.25) is 0 Å². The maximum absolute atomic E-state index is 11.6. The van der Waals surface area contributed by atoms with E-state index in [0.717, 1.165) is 0 Å². The van der Waals surface area contributed by atoms with Crippen LogP contribution in [0.2, 0.25) is 0 Å². The smallest absolute Gasteiger partial charge is 0.412 e. The van der Waals surface area contributed by atoms with E-state index in [1.807, 2.05) is 4.90 Å². The van der Waals surface area contributed by atoms with Crippen LogP contribution in [-0.4, -0.2) is 66.7 Å². The summed E-state index contributed by atoms with van der Waals surface area (Å²) in [5.41, 5.74) is 0. The number of nitrogens with one attached hydrogen (secondary N) is 1. The molecule has 1 saturated heterocycles. The average Bonchev–Trinajstić information content (AvgIpc) is 2.56. The van der Waals surface area contributed by atoms with Gasteiger partial charge in [-0.2, -0.15) is 0 Å². The Labute approximate surface area is 134 Å². The van der Waals surface area contributed by atoms with E-state index >= 15 is 0 Å². The van der Waals surface area contributed by atoms with Crippen molar-refractivity contribution in [1.29, 1.82) is 0 Å². The molecule has 0 saturated carbocycles. The lowest BCUT2D eigenvalue weighted by Gasteiger charge is -2.34. The van der Waals surface area contributed by atoms with Crippen LogP contribution < -0.4 is 10.2 Å². The molecule has 1 aromatic rings. The van der Waals surface area contributed by atoms with Gasteiger partial charge in [0.1, 0.15) is 0 Å². The second-order valence-electron chi connectivity index (χ2n) is 4.80. The third kappa shape index (κ3) is 4.70. The molecule has 1 N–H and O–H groups in total. The maximum atomic E-state index is 11.6. The van der Waals surface area contributed by atoms with Gasteiger partial charge >= 0.3 is 12.2 Å². The molecule has 0 spiro atoms. The molecule has 2 heterocycles. The highest BCUT2D eigenvalue weighted by Gasteiger charge is 2.22. The molecule has 9 nitrogen and oxygen atoms in total. The van der Waals surface area contributed by atoms with Crippen LogP contribution in [0, 0.1) is 0 Å². The largest absolute Gasteiger partial charge is 0.450 e. The van der Waals surface area contributed by atoms with E-state index in [9.17, 15) is 9.59 Å². The molecule has 1 aromatic heterocycles. The molecule has 2 rings (SSSR count). The summed E-state index contributed by atoms with van der Waals surface area (Å²) in [5.74, 6) is 1.03. The highest BCUT2D eigenvalue weighted by Crippen LogP contribution is 2.14. The van der Waals surface area contributed by atoms with Crippen molar-refractivity contribution in [2.45, 2.75) is 13.8 Å². The van der Waals surface area contributed by atoms with E-state index in [1.54, 1.807) is 30.9 Å². The Morgan fingerprint density at radius 2 is 1.78 bits per heavy atom. The number of carbonyl (C=O) groups excluding carboxylic acids is 2. The number of amides is 2. The zero-order valence-corrected chi connectivity index (χ0v) is 13.3. The predicted octanol–water partition coefficient (Wildman–Crippen LogP) is 1.32. The Balaban J connectivity index is 1.86. The van der Waals surface area contributed by atoms with Gasteiger partial charge in [0.25, 0.3) is 0 Å². The van der Waals surface area contributed by atoms with Crippen LogP contribution in [0.3, 0.4) is 0 Å². The fourth-order valence-corrected chi connectivity index (χ4v) is 2.17. The van der Waals surface area contributed by atoms with Crippen LogP contribution in [0.25, 0.3) is 0 Å². The number of piperazine rings is 1. The molecule has 0 aromatic carbocycles. The first-order chi connectivity index (χ1) is 11.1. The van der Waals surface area contributed by atoms with Crippen molar-refractivity contribution in [2.24, 2.45) is 0 Å². The Morgan fingerprint density at radius 3 is 2.35 bits per heavy atom. The SMILES string of the molecule is CCOC(=O)Nc1ccc(N2CCN(C(=O)OCC)CC2)nn1. The number of ether oxygens (including phenoxy) is 2. The van der Waals surface area contributed by atoms with Gasteiger partial charge in [-0.1, -0.05) is 0 Å². The standard InChI is InChI=1S/C14H21N5O4/c1-3-22-13(20)15-11-5-6-12(17-16-11)18-7-9-19(10-8-18)14(21)23-4-2/h5-6H,3-4,7-10H2,1-2H3,(H,15,16,20). The number of hydrogen-bond donors (Lipinski definition) is 1. The molecule has 1 fully saturated rings. The second kappa shape index (κ2) is 8.16. The van der Waals surface area contributed by atoms with Crippen molar-refractivity contribution in [2.75, 3.05) is 49.6 Å². The van der Waals surface area contributed by atoms with E-state index in [-0.39, 0.29) is 6.09 Å². The summed E-state index contributed by atoms with van der Waals surface area (Å²) < 4.78 is 9.75. The highest BCUT2D eigenvalue weighted by molar-refractivity contribution is 5.83.